The number of aliphatic carboxylic acids is 1. The molecular weight excluding hydrogens is 420 g/mol. The maximum atomic E-state index is 12.6. The first-order valence-electron chi connectivity index (χ1n) is 10.8. The number of unbranched alkanes of at least 4 members (excludes halogenated alkanes) is 1. The summed E-state index contributed by atoms with van der Waals surface area (Å²) in [6, 6.07) is -2.28. The van der Waals surface area contributed by atoms with Crippen LogP contribution in [0.1, 0.15) is 44.9 Å². The number of carboxylic acids is 1. The van der Waals surface area contributed by atoms with Gasteiger partial charge >= 0.3 is 5.97 Å². The molecule has 182 valence electrons. The molecular formula is C19H36N8O5. The van der Waals surface area contributed by atoms with Gasteiger partial charge in [0.1, 0.15) is 12.1 Å². The molecule has 11 N–H and O–H groups in total. The van der Waals surface area contributed by atoms with Gasteiger partial charge in [-0.05, 0) is 58.0 Å². The summed E-state index contributed by atoms with van der Waals surface area (Å²) >= 11 is 0. The smallest absolute Gasteiger partial charge is 0.326 e. The third-order valence-corrected chi connectivity index (χ3v) is 4.96. The number of hydrogen-bond acceptors (Lipinski definition) is 7. The van der Waals surface area contributed by atoms with Crippen LogP contribution in [0, 0.1) is 0 Å². The summed E-state index contributed by atoms with van der Waals surface area (Å²) in [5.41, 5.74) is 15.9. The van der Waals surface area contributed by atoms with E-state index in [2.05, 4.69) is 26.3 Å². The van der Waals surface area contributed by atoms with E-state index in [0.717, 1.165) is 13.0 Å². The lowest BCUT2D eigenvalue weighted by molar-refractivity contribution is -0.142. The minimum atomic E-state index is -1.20. The van der Waals surface area contributed by atoms with E-state index in [0.29, 0.717) is 38.6 Å². The average molecular weight is 457 g/mol. The maximum absolute atomic E-state index is 12.6. The highest BCUT2D eigenvalue weighted by molar-refractivity contribution is 5.92. The van der Waals surface area contributed by atoms with E-state index in [9.17, 15) is 24.3 Å². The second-order valence-corrected chi connectivity index (χ2v) is 7.62. The predicted octanol–water partition coefficient (Wildman–Crippen LogP) is -2.91. The molecule has 1 heterocycles. The van der Waals surface area contributed by atoms with Gasteiger partial charge in [-0.1, -0.05) is 0 Å². The Morgan fingerprint density at radius 3 is 2.38 bits per heavy atom. The quantitative estimate of drug-likeness (QED) is 0.0716. The van der Waals surface area contributed by atoms with Crippen LogP contribution in [0.2, 0.25) is 0 Å². The van der Waals surface area contributed by atoms with E-state index in [-0.39, 0.29) is 30.9 Å². The predicted molar refractivity (Wildman–Crippen MR) is 118 cm³/mol. The number of aliphatic imine (C=N–C) groups is 1. The second-order valence-electron chi connectivity index (χ2n) is 7.62. The largest absolute Gasteiger partial charge is 0.480 e. The Hall–Kier alpha value is -2.93. The van der Waals surface area contributed by atoms with Crippen molar-refractivity contribution >= 4 is 29.7 Å². The highest BCUT2D eigenvalue weighted by atomic mass is 16.4. The zero-order valence-electron chi connectivity index (χ0n) is 18.3. The van der Waals surface area contributed by atoms with Crippen LogP contribution in [0.4, 0.5) is 0 Å². The number of carbonyl (C=O) groups is 4. The summed E-state index contributed by atoms with van der Waals surface area (Å²) in [5.74, 6) is -2.72. The molecule has 1 fully saturated rings. The Morgan fingerprint density at radius 1 is 1.06 bits per heavy atom. The molecule has 13 nitrogen and oxygen atoms in total. The van der Waals surface area contributed by atoms with Crippen molar-refractivity contribution < 1.29 is 24.3 Å². The van der Waals surface area contributed by atoms with Gasteiger partial charge in [0.25, 0.3) is 0 Å². The van der Waals surface area contributed by atoms with Crippen LogP contribution in [-0.2, 0) is 19.2 Å². The Bertz CT molecular complexity index is 662. The second kappa shape index (κ2) is 15.0. The molecule has 0 aromatic rings. The van der Waals surface area contributed by atoms with Gasteiger partial charge in [0.15, 0.2) is 5.96 Å². The van der Waals surface area contributed by atoms with E-state index in [1.807, 2.05) is 0 Å². The number of guanidine groups is 1. The summed E-state index contributed by atoms with van der Waals surface area (Å²) in [6.07, 6.45) is 3.78. The van der Waals surface area contributed by atoms with Crippen molar-refractivity contribution in [3.8, 4) is 0 Å². The molecule has 3 unspecified atom stereocenters. The topological polar surface area (TPSA) is 227 Å². The van der Waals surface area contributed by atoms with Crippen molar-refractivity contribution in [2.24, 2.45) is 22.2 Å². The van der Waals surface area contributed by atoms with Crippen LogP contribution in [0.3, 0.4) is 0 Å². The highest BCUT2D eigenvalue weighted by Crippen LogP contribution is 2.07. The fourth-order valence-corrected chi connectivity index (χ4v) is 3.24. The molecule has 3 amide bonds. The Kier molecular flexibility index (Phi) is 12.7. The first-order chi connectivity index (χ1) is 15.2. The first-order valence-corrected chi connectivity index (χ1v) is 10.8. The number of carboxylic acid groups (broad SMARTS) is 1. The molecule has 0 spiro atoms. The fraction of sp³-hybridized carbons (Fsp3) is 0.737. The molecule has 13 heteroatoms. The van der Waals surface area contributed by atoms with E-state index in [4.69, 9.17) is 17.2 Å². The summed E-state index contributed by atoms with van der Waals surface area (Å²) in [6.45, 7) is 1.04. The van der Waals surface area contributed by atoms with Gasteiger partial charge < -0.3 is 43.6 Å². The molecule has 0 saturated carbocycles. The van der Waals surface area contributed by atoms with Crippen LogP contribution in [0.15, 0.2) is 4.99 Å². The van der Waals surface area contributed by atoms with Gasteiger partial charge in [0.05, 0.1) is 12.6 Å². The number of carbonyl (C=O) groups excluding carboxylic acids is 3. The Morgan fingerprint density at radius 2 is 1.78 bits per heavy atom. The molecule has 3 atom stereocenters. The number of hydrogen-bond donors (Lipinski definition) is 8. The summed E-state index contributed by atoms with van der Waals surface area (Å²) < 4.78 is 0. The zero-order chi connectivity index (χ0) is 23.9. The molecule has 0 aliphatic carbocycles. The van der Waals surface area contributed by atoms with Crippen molar-refractivity contribution in [3.63, 3.8) is 0 Å². The minimum Gasteiger partial charge on any atom is -0.480 e. The molecule has 0 aromatic heterocycles. The van der Waals surface area contributed by atoms with E-state index >= 15 is 0 Å². The van der Waals surface area contributed by atoms with Gasteiger partial charge in [0, 0.05) is 6.54 Å². The SMILES string of the molecule is NCCCCC(NC(=O)C1CCCN1)C(=O)NCC(=O)NC(CCCN=C(N)N)C(=O)O. The lowest BCUT2D eigenvalue weighted by Crippen LogP contribution is -2.53. The van der Waals surface area contributed by atoms with Crippen LogP contribution < -0.4 is 38.5 Å². The van der Waals surface area contributed by atoms with Crippen LogP contribution in [0.5, 0.6) is 0 Å². The highest BCUT2D eigenvalue weighted by Gasteiger charge is 2.27. The number of amides is 3. The van der Waals surface area contributed by atoms with Gasteiger partial charge in [0.2, 0.25) is 17.7 Å². The van der Waals surface area contributed by atoms with Crippen LogP contribution in [-0.4, -0.2) is 79.1 Å². The lowest BCUT2D eigenvalue weighted by atomic mass is 10.1. The Balaban J connectivity index is 2.54. The zero-order valence-corrected chi connectivity index (χ0v) is 18.3. The van der Waals surface area contributed by atoms with Gasteiger partial charge in [-0.3, -0.25) is 19.4 Å². The molecule has 32 heavy (non-hydrogen) atoms. The van der Waals surface area contributed by atoms with Crippen molar-refractivity contribution in [2.45, 2.75) is 63.1 Å². The normalized spacial score (nSPS) is 17.1. The van der Waals surface area contributed by atoms with Crippen molar-refractivity contribution in [1.29, 1.82) is 0 Å². The number of nitrogens with two attached hydrogens (primary N) is 3. The number of rotatable bonds is 15. The van der Waals surface area contributed by atoms with Crippen molar-refractivity contribution in [1.82, 2.24) is 21.3 Å². The monoisotopic (exact) mass is 456 g/mol. The van der Waals surface area contributed by atoms with E-state index < -0.39 is 36.4 Å². The molecule has 1 rings (SSSR count). The van der Waals surface area contributed by atoms with Crippen LogP contribution in [0.25, 0.3) is 0 Å². The van der Waals surface area contributed by atoms with Crippen molar-refractivity contribution in [3.05, 3.63) is 0 Å². The molecule has 1 aliphatic heterocycles. The third kappa shape index (κ3) is 10.9. The van der Waals surface area contributed by atoms with Gasteiger partial charge in [-0.15, -0.1) is 0 Å². The average Bonchev–Trinajstić information content (AvgIpc) is 3.28. The maximum Gasteiger partial charge on any atom is 0.326 e. The van der Waals surface area contributed by atoms with Crippen molar-refractivity contribution in [2.75, 3.05) is 26.2 Å². The number of nitrogens with zero attached hydrogens (tertiary/aromatic N) is 1. The molecule has 0 bridgehead atoms. The standard InChI is InChI=1S/C19H36N8O5/c20-8-2-1-5-13(27-17(30)12-6-3-9-23-12)16(29)25-11-15(28)26-14(18(31)32)7-4-10-24-19(21)22/h12-14,23H,1-11,20H2,(H,25,29)(H,26,28)(H,27,30)(H,31,32)(H4,21,22,24). The van der Waals surface area contributed by atoms with E-state index in [1.165, 1.54) is 0 Å². The minimum absolute atomic E-state index is 0.0968. The van der Waals surface area contributed by atoms with Crippen LogP contribution >= 0.6 is 0 Å². The summed E-state index contributed by atoms with van der Waals surface area (Å²) in [5, 5.41) is 19.9. The third-order valence-electron chi connectivity index (χ3n) is 4.96. The number of nitrogens with one attached hydrogen (secondary N) is 4. The molecule has 1 saturated heterocycles. The summed E-state index contributed by atoms with van der Waals surface area (Å²) in [7, 11) is 0. The van der Waals surface area contributed by atoms with E-state index in [1.54, 1.807) is 0 Å². The van der Waals surface area contributed by atoms with Gasteiger partial charge in [-0.25, -0.2) is 4.79 Å². The fourth-order valence-electron chi connectivity index (χ4n) is 3.24. The molecule has 1 aliphatic rings. The first kappa shape index (κ1) is 27.1. The van der Waals surface area contributed by atoms with Gasteiger partial charge in [-0.2, -0.15) is 0 Å². The molecule has 0 radical (unpaired) electrons. The Labute approximate surface area is 187 Å². The molecule has 0 aromatic carbocycles. The lowest BCUT2D eigenvalue weighted by Gasteiger charge is -2.21. The summed E-state index contributed by atoms with van der Waals surface area (Å²) in [4.78, 5) is 52.2.